The Labute approximate surface area is 224 Å². The molecular formula is C33H33N3O2. The lowest BCUT2D eigenvalue weighted by Gasteiger charge is -2.26. The maximum Gasteiger partial charge on any atom is 0.253 e. The molecule has 5 rings (SSSR count). The van der Waals surface area contributed by atoms with Gasteiger partial charge in [-0.3, -0.25) is 9.59 Å². The van der Waals surface area contributed by atoms with E-state index in [1.165, 1.54) is 11.1 Å². The third-order valence-corrected chi connectivity index (χ3v) is 7.17. The van der Waals surface area contributed by atoms with Gasteiger partial charge in [0, 0.05) is 43.2 Å². The highest BCUT2D eigenvalue weighted by molar-refractivity contribution is 5.94. The lowest BCUT2D eigenvalue weighted by atomic mass is 9.88. The number of hydrogen-bond acceptors (Lipinski definition) is 3. The molecule has 1 atom stereocenters. The van der Waals surface area contributed by atoms with Crippen LogP contribution in [0, 0.1) is 0 Å². The quantitative estimate of drug-likeness (QED) is 0.300. The maximum absolute atomic E-state index is 13.5. The molecule has 0 aromatic heterocycles. The molecule has 38 heavy (non-hydrogen) atoms. The number of benzene rings is 4. The van der Waals surface area contributed by atoms with Crippen molar-refractivity contribution in [2.24, 2.45) is 0 Å². The standard InChI is InChI=1S/C33H33N3O2/c37-32(31-24-28-18-10-11-19-30(28)35-31)34-21-23-36(33(38)27-16-8-3-9-17-27)22-20-29(25-12-4-1-5-13-25)26-14-6-2-7-15-26/h1-19,29,31,35H,20-24H2,(H,34,37). The molecule has 0 aliphatic carbocycles. The second-order valence-corrected chi connectivity index (χ2v) is 9.67. The minimum absolute atomic E-state index is 0.0221. The van der Waals surface area contributed by atoms with Gasteiger partial charge in [-0.15, -0.1) is 0 Å². The van der Waals surface area contributed by atoms with Crippen molar-refractivity contribution in [3.05, 3.63) is 138 Å². The van der Waals surface area contributed by atoms with E-state index in [0.29, 0.717) is 31.6 Å². The van der Waals surface area contributed by atoms with Crippen LogP contribution in [0.3, 0.4) is 0 Å². The van der Waals surface area contributed by atoms with E-state index in [1.54, 1.807) is 0 Å². The fraction of sp³-hybridized carbons (Fsp3) is 0.212. The smallest absolute Gasteiger partial charge is 0.253 e. The van der Waals surface area contributed by atoms with E-state index < -0.39 is 0 Å². The monoisotopic (exact) mass is 503 g/mol. The summed E-state index contributed by atoms with van der Waals surface area (Å²) in [6.45, 7) is 1.41. The van der Waals surface area contributed by atoms with Crippen molar-refractivity contribution >= 4 is 17.5 Å². The third kappa shape index (κ3) is 6.12. The summed E-state index contributed by atoms with van der Waals surface area (Å²) in [5, 5.41) is 6.36. The van der Waals surface area contributed by atoms with E-state index in [0.717, 1.165) is 17.7 Å². The number of amides is 2. The average Bonchev–Trinajstić information content (AvgIpc) is 3.42. The number of para-hydroxylation sites is 1. The lowest BCUT2D eigenvalue weighted by molar-refractivity contribution is -0.121. The van der Waals surface area contributed by atoms with Gasteiger partial charge < -0.3 is 15.5 Å². The van der Waals surface area contributed by atoms with Crippen LogP contribution in [-0.4, -0.2) is 42.4 Å². The third-order valence-electron chi connectivity index (χ3n) is 7.17. The molecule has 4 aromatic rings. The van der Waals surface area contributed by atoms with Crippen LogP contribution in [0.15, 0.2) is 115 Å². The molecule has 0 saturated carbocycles. The van der Waals surface area contributed by atoms with E-state index in [1.807, 2.05) is 71.6 Å². The highest BCUT2D eigenvalue weighted by Crippen LogP contribution is 2.28. The minimum atomic E-state index is -0.286. The second-order valence-electron chi connectivity index (χ2n) is 9.67. The van der Waals surface area contributed by atoms with E-state index in [2.05, 4.69) is 59.2 Å². The van der Waals surface area contributed by atoms with Gasteiger partial charge in [0.05, 0.1) is 0 Å². The number of hydrogen-bond donors (Lipinski definition) is 2. The number of nitrogens with one attached hydrogen (secondary N) is 2. The normalized spacial score (nSPS) is 14.0. The van der Waals surface area contributed by atoms with Gasteiger partial charge in [0.1, 0.15) is 6.04 Å². The van der Waals surface area contributed by atoms with E-state index >= 15 is 0 Å². The highest BCUT2D eigenvalue weighted by atomic mass is 16.2. The van der Waals surface area contributed by atoms with Crippen molar-refractivity contribution in [2.45, 2.75) is 24.8 Å². The van der Waals surface area contributed by atoms with Gasteiger partial charge in [0.25, 0.3) is 5.91 Å². The summed E-state index contributed by atoms with van der Waals surface area (Å²) < 4.78 is 0. The highest BCUT2D eigenvalue weighted by Gasteiger charge is 2.26. The molecule has 0 saturated heterocycles. The first kappa shape index (κ1) is 25.3. The Hall–Kier alpha value is -4.38. The largest absolute Gasteiger partial charge is 0.373 e. The van der Waals surface area contributed by atoms with Crippen molar-refractivity contribution < 1.29 is 9.59 Å². The van der Waals surface area contributed by atoms with Crippen molar-refractivity contribution in [2.75, 3.05) is 25.0 Å². The first-order chi connectivity index (χ1) is 18.7. The van der Waals surface area contributed by atoms with Gasteiger partial charge in [-0.2, -0.15) is 0 Å². The maximum atomic E-state index is 13.5. The number of carbonyl (C=O) groups is 2. The molecule has 4 aromatic carbocycles. The summed E-state index contributed by atoms with van der Waals surface area (Å²) in [5.41, 5.74) is 5.28. The van der Waals surface area contributed by atoms with Crippen LogP contribution >= 0.6 is 0 Å². The van der Waals surface area contributed by atoms with Crippen LogP contribution in [0.25, 0.3) is 0 Å². The molecule has 0 fully saturated rings. The molecule has 5 nitrogen and oxygen atoms in total. The Bertz CT molecular complexity index is 1280. The summed E-state index contributed by atoms with van der Waals surface area (Å²) in [4.78, 5) is 28.3. The predicted molar refractivity (Wildman–Crippen MR) is 152 cm³/mol. The molecule has 0 spiro atoms. The molecule has 1 unspecified atom stereocenters. The lowest BCUT2D eigenvalue weighted by Crippen LogP contribution is -2.44. The van der Waals surface area contributed by atoms with Gasteiger partial charge in [-0.25, -0.2) is 0 Å². The molecule has 0 radical (unpaired) electrons. The fourth-order valence-corrected chi connectivity index (χ4v) is 5.15. The summed E-state index contributed by atoms with van der Waals surface area (Å²) in [7, 11) is 0. The van der Waals surface area contributed by atoms with Gasteiger partial charge in [0.2, 0.25) is 5.91 Å². The van der Waals surface area contributed by atoms with Crippen molar-refractivity contribution in [1.29, 1.82) is 0 Å². The van der Waals surface area contributed by atoms with Crippen molar-refractivity contribution in [1.82, 2.24) is 10.2 Å². The molecule has 0 bridgehead atoms. The van der Waals surface area contributed by atoms with Crippen LogP contribution in [-0.2, 0) is 11.2 Å². The molecule has 5 heteroatoms. The van der Waals surface area contributed by atoms with Crippen LogP contribution in [0.2, 0.25) is 0 Å². The first-order valence-corrected chi connectivity index (χ1v) is 13.3. The number of nitrogens with zero attached hydrogens (tertiary/aromatic N) is 1. The Morgan fingerprint density at radius 3 is 1.97 bits per heavy atom. The second kappa shape index (κ2) is 12.2. The number of rotatable bonds is 10. The van der Waals surface area contributed by atoms with Gasteiger partial charge in [-0.1, -0.05) is 97.1 Å². The minimum Gasteiger partial charge on any atom is -0.373 e. The Kier molecular flexibility index (Phi) is 8.14. The summed E-state index contributed by atoms with van der Waals surface area (Å²) in [5.74, 6) is 0.102. The Balaban J connectivity index is 1.26. The van der Waals surface area contributed by atoms with Crippen molar-refractivity contribution in [3.63, 3.8) is 0 Å². The van der Waals surface area contributed by atoms with Crippen LogP contribution in [0.1, 0.15) is 39.4 Å². The predicted octanol–water partition coefficient (Wildman–Crippen LogP) is 5.50. The van der Waals surface area contributed by atoms with Gasteiger partial charge in [0.15, 0.2) is 0 Å². The molecule has 1 aliphatic heterocycles. The topological polar surface area (TPSA) is 61.4 Å². The van der Waals surface area contributed by atoms with Gasteiger partial charge in [-0.05, 0) is 41.3 Å². The first-order valence-electron chi connectivity index (χ1n) is 13.3. The molecule has 192 valence electrons. The molecule has 1 aliphatic rings. The Morgan fingerprint density at radius 2 is 1.34 bits per heavy atom. The number of carbonyl (C=O) groups excluding carboxylic acids is 2. The Morgan fingerprint density at radius 1 is 0.763 bits per heavy atom. The summed E-state index contributed by atoms with van der Waals surface area (Å²) >= 11 is 0. The average molecular weight is 504 g/mol. The molecular weight excluding hydrogens is 470 g/mol. The van der Waals surface area contributed by atoms with Gasteiger partial charge >= 0.3 is 0 Å². The number of anilines is 1. The van der Waals surface area contributed by atoms with Crippen LogP contribution in [0.5, 0.6) is 0 Å². The zero-order valence-electron chi connectivity index (χ0n) is 21.4. The van der Waals surface area contributed by atoms with Crippen LogP contribution in [0.4, 0.5) is 5.69 Å². The van der Waals surface area contributed by atoms with Crippen LogP contribution < -0.4 is 10.6 Å². The summed E-state index contributed by atoms with van der Waals surface area (Å²) in [6.07, 6.45) is 1.45. The fourth-order valence-electron chi connectivity index (χ4n) is 5.15. The van der Waals surface area contributed by atoms with E-state index in [-0.39, 0.29) is 23.8 Å². The SMILES string of the molecule is O=C(NCCN(CCC(c1ccccc1)c1ccccc1)C(=O)c1ccccc1)C1Cc2ccccc2N1. The van der Waals surface area contributed by atoms with Crippen molar-refractivity contribution in [3.8, 4) is 0 Å². The van der Waals surface area contributed by atoms with E-state index in [4.69, 9.17) is 0 Å². The molecule has 2 N–H and O–H groups in total. The molecule has 1 heterocycles. The van der Waals surface area contributed by atoms with E-state index in [9.17, 15) is 9.59 Å². The summed E-state index contributed by atoms with van der Waals surface area (Å²) in [6, 6.07) is 38.0. The number of fused-ring (bicyclic) bond motifs is 1. The zero-order valence-corrected chi connectivity index (χ0v) is 21.4. The molecule has 2 amide bonds. The zero-order chi connectivity index (χ0) is 26.2.